The molecule has 0 saturated heterocycles. The van der Waals surface area contributed by atoms with Gasteiger partial charge in [-0.2, -0.15) is 0 Å². The van der Waals surface area contributed by atoms with Crippen LogP contribution in [0.2, 0.25) is 0 Å². The van der Waals surface area contributed by atoms with Crippen molar-refractivity contribution in [3.63, 3.8) is 0 Å². The first-order chi connectivity index (χ1) is 7.66. The fourth-order valence-corrected chi connectivity index (χ4v) is 6.14. The first-order valence-corrected chi connectivity index (χ1v) is 7.77. The summed E-state index contributed by atoms with van der Waals surface area (Å²) in [6.45, 7) is 2.27. The molecule has 0 radical (unpaired) electrons. The van der Waals surface area contributed by atoms with E-state index in [0.29, 0.717) is 5.41 Å². The van der Waals surface area contributed by atoms with Crippen LogP contribution >= 0.6 is 0 Å². The van der Waals surface area contributed by atoms with Crippen molar-refractivity contribution in [3.8, 4) is 0 Å². The van der Waals surface area contributed by atoms with Gasteiger partial charge in [0.1, 0.15) is 0 Å². The highest BCUT2D eigenvalue weighted by Gasteiger charge is 2.57. The summed E-state index contributed by atoms with van der Waals surface area (Å²) >= 11 is 0. The second-order valence-electron chi connectivity index (χ2n) is 4.89. The van der Waals surface area contributed by atoms with Crippen molar-refractivity contribution >= 4 is 8.80 Å². The summed E-state index contributed by atoms with van der Waals surface area (Å²) in [5.74, 6) is 0.724. The maximum absolute atomic E-state index is 5.63. The fourth-order valence-electron chi connectivity index (χ4n) is 3.49. The molecule has 2 unspecified atom stereocenters. The third-order valence-corrected chi connectivity index (χ3v) is 7.40. The lowest BCUT2D eigenvalue weighted by molar-refractivity contribution is 0.124. The minimum Gasteiger partial charge on any atom is -0.374 e. The van der Waals surface area contributed by atoms with Crippen LogP contribution in [0.4, 0.5) is 0 Å². The molecule has 1 fully saturated rings. The molecule has 0 aromatic heterocycles. The molecule has 0 N–H and O–H groups in total. The van der Waals surface area contributed by atoms with E-state index >= 15 is 0 Å². The molecule has 92 valence electrons. The Hall–Kier alpha value is -0.163. The second-order valence-corrected chi connectivity index (χ2v) is 7.76. The molecule has 0 aromatic carbocycles. The first-order valence-electron chi connectivity index (χ1n) is 6.04. The topological polar surface area (TPSA) is 27.7 Å². The maximum atomic E-state index is 5.63. The lowest BCUT2D eigenvalue weighted by atomic mass is 9.85. The van der Waals surface area contributed by atoms with E-state index in [0.717, 1.165) is 5.92 Å². The molecule has 16 heavy (non-hydrogen) atoms. The zero-order chi connectivity index (χ0) is 11.8. The Balaban J connectivity index is 2.36. The van der Waals surface area contributed by atoms with Gasteiger partial charge in [-0.1, -0.05) is 13.0 Å². The average Bonchev–Trinajstić information content (AvgIpc) is 2.91. The molecule has 2 atom stereocenters. The quantitative estimate of drug-likeness (QED) is 0.693. The van der Waals surface area contributed by atoms with Crippen LogP contribution in [0.15, 0.2) is 11.3 Å². The molecule has 4 heteroatoms. The van der Waals surface area contributed by atoms with E-state index in [1.54, 1.807) is 21.3 Å². The van der Waals surface area contributed by atoms with E-state index in [1.165, 1.54) is 30.9 Å². The van der Waals surface area contributed by atoms with E-state index in [1.807, 2.05) is 0 Å². The van der Waals surface area contributed by atoms with Crippen LogP contribution < -0.4 is 0 Å². The zero-order valence-corrected chi connectivity index (χ0v) is 11.7. The molecule has 0 spiro atoms. The van der Waals surface area contributed by atoms with Crippen molar-refractivity contribution in [1.82, 2.24) is 0 Å². The molecule has 3 nitrogen and oxygen atoms in total. The number of allylic oxidation sites excluding steroid dienone is 2. The monoisotopic (exact) mass is 242 g/mol. The first kappa shape index (κ1) is 12.3. The van der Waals surface area contributed by atoms with Gasteiger partial charge in [0, 0.05) is 26.5 Å². The lowest BCUT2D eigenvalue weighted by Gasteiger charge is -2.37. The zero-order valence-electron chi connectivity index (χ0n) is 10.7. The largest absolute Gasteiger partial charge is 0.532 e. The maximum Gasteiger partial charge on any atom is 0.532 e. The SMILES string of the molecule is CCC12CCC(C=C1[Si](OC)(OC)OC)C2. The van der Waals surface area contributed by atoms with Crippen LogP contribution in [-0.2, 0) is 13.3 Å². The van der Waals surface area contributed by atoms with Gasteiger partial charge in [-0.05, 0) is 37.0 Å². The Bertz CT molecular complexity index is 290. The third kappa shape index (κ3) is 1.51. The summed E-state index contributed by atoms with van der Waals surface area (Å²) in [4.78, 5) is 0. The summed E-state index contributed by atoms with van der Waals surface area (Å²) in [5, 5.41) is 1.34. The molecule has 0 aromatic rings. The third-order valence-electron chi connectivity index (χ3n) is 4.43. The van der Waals surface area contributed by atoms with Gasteiger partial charge >= 0.3 is 8.80 Å². The summed E-state index contributed by atoms with van der Waals surface area (Å²) in [6.07, 6.45) is 7.39. The smallest absolute Gasteiger partial charge is 0.374 e. The summed E-state index contributed by atoms with van der Waals surface area (Å²) in [5.41, 5.74) is 0.304. The van der Waals surface area contributed by atoms with Crippen LogP contribution in [0, 0.1) is 11.3 Å². The van der Waals surface area contributed by atoms with Crippen molar-refractivity contribution in [1.29, 1.82) is 0 Å². The molecule has 0 amide bonds. The molecular formula is C12H22O3Si. The van der Waals surface area contributed by atoms with Gasteiger partial charge in [0.25, 0.3) is 0 Å². The van der Waals surface area contributed by atoms with E-state index in [2.05, 4.69) is 13.0 Å². The predicted molar refractivity (Wildman–Crippen MR) is 64.9 cm³/mol. The van der Waals surface area contributed by atoms with Crippen LogP contribution in [0.5, 0.6) is 0 Å². The van der Waals surface area contributed by atoms with E-state index in [9.17, 15) is 0 Å². The molecule has 2 aliphatic carbocycles. The van der Waals surface area contributed by atoms with Gasteiger partial charge < -0.3 is 13.3 Å². The Morgan fingerprint density at radius 1 is 1.31 bits per heavy atom. The summed E-state index contributed by atoms with van der Waals surface area (Å²) < 4.78 is 16.9. The van der Waals surface area contributed by atoms with Gasteiger partial charge in [0.05, 0.1) is 0 Å². The van der Waals surface area contributed by atoms with E-state index < -0.39 is 8.80 Å². The molecule has 2 rings (SSSR count). The van der Waals surface area contributed by atoms with Gasteiger partial charge in [-0.15, -0.1) is 0 Å². The van der Waals surface area contributed by atoms with Gasteiger partial charge in [-0.25, -0.2) is 0 Å². The number of hydrogen-bond acceptors (Lipinski definition) is 3. The molecule has 2 aliphatic rings. The number of fused-ring (bicyclic) bond motifs is 2. The summed E-state index contributed by atoms with van der Waals surface area (Å²) in [7, 11) is 2.54. The van der Waals surface area contributed by atoms with E-state index in [-0.39, 0.29) is 0 Å². The Morgan fingerprint density at radius 2 is 1.94 bits per heavy atom. The molecule has 1 saturated carbocycles. The minimum atomic E-state index is -2.57. The standard InChI is InChI=1S/C12H22O3Si/c1-5-12-7-6-10(9-12)8-11(12)16(13-2,14-3)15-4/h8,10H,5-7,9H2,1-4H3. The average molecular weight is 242 g/mol. The van der Waals surface area contributed by atoms with Crippen molar-refractivity contribution in [3.05, 3.63) is 11.3 Å². The highest BCUT2D eigenvalue weighted by molar-refractivity contribution is 6.69. The molecule has 0 aliphatic heterocycles. The molecule has 2 bridgehead atoms. The Labute approximate surface area is 99.1 Å². The highest BCUT2D eigenvalue weighted by Crippen LogP contribution is 2.58. The highest BCUT2D eigenvalue weighted by atomic mass is 28.4. The van der Waals surface area contributed by atoms with Crippen molar-refractivity contribution in [2.24, 2.45) is 11.3 Å². The minimum absolute atomic E-state index is 0.304. The van der Waals surface area contributed by atoms with Crippen molar-refractivity contribution < 1.29 is 13.3 Å². The van der Waals surface area contributed by atoms with Crippen molar-refractivity contribution in [2.45, 2.75) is 32.6 Å². The summed E-state index contributed by atoms with van der Waals surface area (Å²) in [6, 6.07) is 0. The van der Waals surface area contributed by atoms with E-state index in [4.69, 9.17) is 13.3 Å². The molecular weight excluding hydrogens is 220 g/mol. The second kappa shape index (κ2) is 4.26. The Kier molecular flexibility index (Phi) is 3.27. The van der Waals surface area contributed by atoms with Crippen LogP contribution in [0.1, 0.15) is 32.6 Å². The Morgan fingerprint density at radius 3 is 2.38 bits per heavy atom. The normalized spacial score (nSPS) is 33.2. The van der Waals surface area contributed by atoms with Crippen molar-refractivity contribution in [2.75, 3.05) is 21.3 Å². The fraction of sp³-hybridized carbons (Fsp3) is 0.833. The van der Waals surface area contributed by atoms with Gasteiger partial charge in [-0.3, -0.25) is 0 Å². The lowest BCUT2D eigenvalue weighted by Crippen LogP contribution is -2.49. The number of rotatable bonds is 5. The molecule has 0 heterocycles. The number of hydrogen-bond donors (Lipinski definition) is 0. The van der Waals surface area contributed by atoms with Gasteiger partial charge in [0.15, 0.2) is 0 Å². The van der Waals surface area contributed by atoms with Crippen LogP contribution in [-0.4, -0.2) is 30.1 Å². The van der Waals surface area contributed by atoms with Crippen LogP contribution in [0.3, 0.4) is 0 Å². The van der Waals surface area contributed by atoms with Crippen LogP contribution in [0.25, 0.3) is 0 Å². The van der Waals surface area contributed by atoms with Gasteiger partial charge in [0.2, 0.25) is 0 Å². The predicted octanol–water partition coefficient (Wildman–Crippen LogP) is 2.54.